The molecule has 1 atom stereocenters. The molecular weight excluding hydrogens is 168 g/mol. The molecule has 0 aromatic carbocycles. The van der Waals surface area contributed by atoms with Gasteiger partial charge >= 0.3 is 0 Å². The number of amides is 1. The minimum Gasteiger partial charge on any atom is -0.389 e. The number of hydrogen-bond donors (Lipinski definition) is 3. The van der Waals surface area contributed by atoms with Crippen molar-refractivity contribution in [2.75, 3.05) is 6.54 Å². The predicted octanol–water partition coefficient (Wildman–Crippen LogP) is 0.000900. The Labute approximate surface area is 79.5 Å². The van der Waals surface area contributed by atoms with E-state index in [0.717, 1.165) is 6.42 Å². The molecule has 13 heavy (non-hydrogen) atoms. The number of carbonyl (C=O) groups is 1. The summed E-state index contributed by atoms with van der Waals surface area (Å²) in [5.41, 5.74) is 4.25. The van der Waals surface area contributed by atoms with Gasteiger partial charge in [0.05, 0.1) is 5.60 Å². The summed E-state index contributed by atoms with van der Waals surface area (Å²) in [6.07, 6.45) is 1.11. The Morgan fingerprint density at radius 1 is 1.62 bits per heavy atom. The predicted molar refractivity (Wildman–Crippen MR) is 52.2 cm³/mol. The van der Waals surface area contributed by atoms with E-state index in [1.807, 2.05) is 6.92 Å². The molecule has 0 bridgehead atoms. The van der Waals surface area contributed by atoms with Crippen molar-refractivity contribution < 1.29 is 9.90 Å². The molecule has 0 radical (unpaired) electrons. The quantitative estimate of drug-likeness (QED) is 0.514. The number of aliphatic hydroxyl groups is 1. The second kappa shape index (κ2) is 5.19. The summed E-state index contributed by atoms with van der Waals surface area (Å²) in [4.78, 5) is 10.4. The first-order chi connectivity index (χ1) is 5.84. The van der Waals surface area contributed by atoms with Gasteiger partial charge in [-0.3, -0.25) is 4.79 Å². The number of carbonyl (C=O) groups excluding carboxylic acids is 1. The Hall–Kier alpha value is -0.610. The Morgan fingerprint density at radius 2 is 2.15 bits per heavy atom. The van der Waals surface area contributed by atoms with Gasteiger partial charge in [-0.2, -0.15) is 0 Å². The van der Waals surface area contributed by atoms with Crippen LogP contribution in [0.4, 0.5) is 0 Å². The molecule has 0 saturated heterocycles. The van der Waals surface area contributed by atoms with E-state index in [-0.39, 0.29) is 11.9 Å². The molecule has 0 aliphatic rings. The Morgan fingerprint density at radius 3 is 2.54 bits per heavy atom. The molecule has 78 valence electrons. The molecule has 4 heteroatoms. The van der Waals surface area contributed by atoms with Gasteiger partial charge in [0.2, 0.25) is 5.91 Å². The van der Waals surface area contributed by atoms with Crippen LogP contribution in [0.3, 0.4) is 0 Å². The highest BCUT2D eigenvalue weighted by Gasteiger charge is 2.20. The monoisotopic (exact) mass is 188 g/mol. The van der Waals surface area contributed by atoms with Crippen LogP contribution in [-0.2, 0) is 4.79 Å². The number of primary amides is 1. The molecule has 0 heterocycles. The maximum atomic E-state index is 10.4. The lowest BCUT2D eigenvalue weighted by Crippen LogP contribution is -2.44. The van der Waals surface area contributed by atoms with E-state index in [0.29, 0.717) is 13.0 Å². The second-order valence-corrected chi connectivity index (χ2v) is 3.90. The lowest BCUT2D eigenvalue weighted by Gasteiger charge is -2.26. The van der Waals surface area contributed by atoms with Crippen LogP contribution < -0.4 is 11.1 Å². The Kier molecular flexibility index (Phi) is 4.95. The molecule has 0 aromatic heterocycles. The summed E-state index contributed by atoms with van der Waals surface area (Å²) in [6, 6.07) is 0.0142. The van der Waals surface area contributed by atoms with Crippen LogP contribution in [0.15, 0.2) is 0 Å². The van der Waals surface area contributed by atoms with Crippen molar-refractivity contribution in [1.82, 2.24) is 5.32 Å². The molecule has 0 aliphatic heterocycles. The topological polar surface area (TPSA) is 75.3 Å². The molecule has 1 amide bonds. The minimum atomic E-state index is -0.729. The average Bonchev–Trinajstić information content (AvgIpc) is 1.95. The highest BCUT2D eigenvalue weighted by Crippen LogP contribution is 2.06. The first kappa shape index (κ1) is 12.4. The van der Waals surface area contributed by atoms with E-state index in [2.05, 4.69) is 5.32 Å². The highest BCUT2D eigenvalue weighted by atomic mass is 16.3. The fraction of sp³-hybridized carbons (Fsp3) is 0.889. The Balaban J connectivity index is 3.49. The summed E-state index contributed by atoms with van der Waals surface area (Å²) in [5.74, 6) is -0.280. The fourth-order valence-electron chi connectivity index (χ4n) is 0.831. The molecule has 0 saturated carbocycles. The first-order valence-electron chi connectivity index (χ1n) is 4.58. The van der Waals surface area contributed by atoms with Gasteiger partial charge in [0, 0.05) is 12.5 Å². The summed E-state index contributed by atoms with van der Waals surface area (Å²) in [5, 5.41) is 12.7. The van der Waals surface area contributed by atoms with Gasteiger partial charge in [-0.25, -0.2) is 0 Å². The number of nitrogens with one attached hydrogen (secondary N) is 1. The molecule has 0 aliphatic carbocycles. The first-order valence-corrected chi connectivity index (χ1v) is 4.58. The van der Waals surface area contributed by atoms with Gasteiger partial charge in [0.15, 0.2) is 0 Å². The average molecular weight is 188 g/mol. The third kappa shape index (κ3) is 6.54. The lowest BCUT2D eigenvalue weighted by molar-refractivity contribution is -0.118. The molecule has 0 fully saturated rings. The fourth-order valence-corrected chi connectivity index (χ4v) is 0.831. The van der Waals surface area contributed by atoms with E-state index in [4.69, 9.17) is 5.73 Å². The summed E-state index contributed by atoms with van der Waals surface area (Å²) >= 11 is 0. The van der Waals surface area contributed by atoms with Gasteiger partial charge in [0.1, 0.15) is 0 Å². The molecule has 0 spiro atoms. The molecule has 4 N–H and O–H groups in total. The summed E-state index contributed by atoms with van der Waals surface area (Å²) in [7, 11) is 0. The standard InChI is InChI=1S/C9H20N2O2/c1-7(9(2,3)13)11-6-4-5-8(10)12/h7,11,13H,4-6H2,1-3H3,(H2,10,12). The van der Waals surface area contributed by atoms with Crippen molar-refractivity contribution in [3.05, 3.63) is 0 Å². The van der Waals surface area contributed by atoms with Crippen LogP contribution in [0.1, 0.15) is 33.6 Å². The van der Waals surface area contributed by atoms with Crippen molar-refractivity contribution in [1.29, 1.82) is 0 Å². The smallest absolute Gasteiger partial charge is 0.217 e. The van der Waals surface area contributed by atoms with Crippen molar-refractivity contribution in [3.63, 3.8) is 0 Å². The van der Waals surface area contributed by atoms with E-state index < -0.39 is 5.60 Å². The van der Waals surface area contributed by atoms with Crippen LogP contribution in [-0.4, -0.2) is 29.2 Å². The maximum absolute atomic E-state index is 10.4. The van der Waals surface area contributed by atoms with E-state index in [9.17, 15) is 9.90 Å². The van der Waals surface area contributed by atoms with E-state index in [1.54, 1.807) is 13.8 Å². The molecule has 4 nitrogen and oxygen atoms in total. The van der Waals surface area contributed by atoms with Gasteiger partial charge in [0.25, 0.3) is 0 Å². The number of nitrogens with two attached hydrogens (primary N) is 1. The third-order valence-electron chi connectivity index (χ3n) is 2.11. The van der Waals surface area contributed by atoms with E-state index in [1.165, 1.54) is 0 Å². The normalized spacial score (nSPS) is 14.2. The van der Waals surface area contributed by atoms with Crippen LogP contribution in [0.25, 0.3) is 0 Å². The zero-order valence-electron chi connectivity index (χ0n) is 8.63. The highest BCUT2D eigenvalue weighted by molar-refractivity contribution is 5.73. The molecule has 1 unspecified atom stereocenters. The van der Waals surface area contributed by atoms with E-state index >= 15 is 0 Å². The zero-order chi connectivity index (χ0) is 10.5. The van der Waals surface area contributed by atoms with Gasteiger partial charge in [-0.1, -0.05) is 0 Å². The number of hydrogen-bond acceptors (Lipinski definition) is 3. The van der Waals surface area contributed by atoms with Gasteiger partial charge < -0.3 is 16.2 Å². The molecule has 0 rings (SSSR count). The zero-order valence-corrected chi connectivity index (χ0v) is 8.63. The second-order valence-electron chi connectivity index (χ2n) is 3.90. The van der Waals surface area contributed by atoms with Crippen molar-refractivity contribution in [2.45, 2.75) is 45.3 Å². The molecule has 0 aromatic rings. The largest absolute Gasteiger partial charge is 0.389 e. The Bertz CT molecular complexity index is 163. The summed E-state index contributed by atoms with van der Waals surface area (Å²) in [6.45, 7) is 6.11. The van der Waals surface area contributed by atoms with Crippen LogP contribution in [0.2, 0.25) is 0 Å². The minimum absolute atomic E-state index is 0.0142. The van der Waals surface area contributed by atoms with Crippen molar-refractivity contribution in [3.8, 4) is 0 Å². The number of rotatable bonds is 6. The van der Waals surface area contributed by atoms with Crippen LogP contribution >= 0.6 is 0 Å². The van der Waals surface area contributed by atoms with Gasteiger partial charge in [-0.15, -0.1) is 0 Å². The third-order valence-corrected chi connectivity index (χ3v) is 2.11. The van der Waals surface area contributed by atoms with Crippen molar-refractivity contribution in [2.24, 2.45) is 5.73 Å². The van der Waals surface area contributed by atoms with Crippen LogP contribution in [0, 0.1) is 0 Å². The lowest BCUT2D eigenvalue weighted by atomic mass is 10.0. The summed E-state index contributed by atoms with van der Waals surface area (Å²) < 4.78 is 0. The SMILES string of the molecule is CC(NCCCC(N)=O)C(C)(C)O. The van der Waals surface area contributed by atoms with Crippen molar-refractivity contribution >= 4 is 5.91 Å². The van der Waals surface area contributed by atoms with Gasteiger partial charge in [-0.05, 0) is 33.7 Å². The maximum Gasteiger partial charge on any atom is 0.217 e. The molecular formula is C9H20N2O2. The van der Waals surface area contributed by atoms with Crippen LogP contribution in [0.5, 0.6) is 0 Å².